The van der Waals surface area contributed by atoms with E-state index in [9.17, 15) is 34.9 Å². The number of aliphatic hydroxyl groups is 1. The number of aliphatic hydroxyl groups excluding tert-OH is 1. The Bertz CT molecular complexity index is 2080. The number of hydrogen-bond acceptors (Lipinski definition) is 9. The fraction of sp³-hybridized carbons (Fsp3) is 0.231. The Morgan fingerprint density at radius 1 is 0.925 bits per heavy atom. The van der Waals surface area contributed by atoms with Crippen LogP contribution in [0.15, 0.2) is 36.4 Å². The minimum atomic E-state index is -1.30. The zero-order chi connectivity index (χ0) is 27.8. The molecule has 8 rings (SSSR count). The molecular formula is C26H17N5O9. The molecule has 5 heterocycles. The van der Waals surface area contributed by atoms with Gasteiger partial charge in [0, 0.05) is 59.3 Å². The van der Waals surface area contributed by atoms with Gasteiger partial charge in [0.15, 0.2) is 12.5 Å². The Labute approximate surface area is 221 Å². The standard InChI is InChI=1S/C26H17N5O9/c1-39-16-8-15-25(40-26(16)34)29-14-5-3-10(31(37)38)7-12(14)18-20-19(23(32)27-24(20)33)17-11-6-9(30(35)36)2-4-13(11)28(15)21(17)22(18)29/h2-7,15-16,25-26,34H,8H2,1H3,(H,27,32,33). The first kappa shape index (κ1) is 23.0. The molecule has 0 saturated carbocycles. The molecule has 14 nitrogen and oxygen atoms in total. The minimum absolute atomic E-state index is 0.0341. The van der Waals surface area contributed by atoms with Gasteiger partial charge in [0.25, 0.3) is 23.2 Å². The number of carbonyl (C=O) groups is 2. The molecule has 3 aliphatic rings. The third-order valence-electron chi connectivity index (χ3n) is 8.34. The van der Waals surface area contributed by atoms with Crippen LogP contribution in [0.25, 0.3) is 43.6 Å². The maximum atomic E-state index is 13.3. The number of nitro groups is 2. The molecule has 3 aliphatic heterocycles. The van der Waals surface area contributed by atoms with Gasteiger partial charge in [-0.1, -0.05) is 0 Å². The van der Waals surface area contributed by atoms with Crippen LogP contribution in [0.5, 0.6) is 0 Å². The number of carbonyl (C=O) groups excluding carboxylic acids is 2. The van der Waals surface area contributed by atoms with Crippen molar-refractivity contribution >= 4 is 66.8 Å². The second-order valence-corrected chi connectivity index (χ2v) is 10.1. The molecule has 40 heavy (non-hydrogen) atoms. The number of fused-ring (bicyclic) bond motifs is 12. The van der Waals surface area contributed by atoms with Crippen molar-refractivity contribution in [3.8, 4) is 0 Å². The predicted octanol–water partition coefficient (Wildman–Crippen LogP) is 3.41. The van der Waals surface area contributed by atoms with Gasteiger partial charge >= 0.3 is 0 Å². The zero-order valence-corrected chi connectivity index (χ0v) is 20.5. The molecule has 4 atom stereocenters. The van der Waals surface area contributed by atoms with Crippen molar-refractivity contribution in [2.75, 3.05) is 7.11 Å². The SMILES string of the molecule is COC1CC2C(OC1O)n1c3ccc([N+](=O)[O-])cc3c3c4c(c5c6cc([N+](=O)[O-])ccc6n2c5c31)C(=O)NC4=O. The number of nitro benzene ring substituents is 2. The van der Waals surface area contributed by atoms with Crippen molar-refractivity contribution < 1.29 is 34.0 Å². The van der Waals surface area contributed by atoms with Crippen LogP contribution in [0.1, 0.15) is 39.4 Å². The van der Waals surface area contributed by atoms with E-state index < -0.39 is 46.3 Å². The van der Waals surface area contributed by atoms with E-state index in [2.05, 4.69) is 5.32 Å². The molecule has 4 unspecified atom stereocenters. The predicted molar refractivity (Wildman–Crippen MR) is 138 cm³/mol. The summed E-state index contributed by atoms with van der Waals surface area (Å²) in [7, 11) is 1.45. The average Bonchev–Trinajstić information content (AvgIpc) is 3.54. The van der Waals surface area contributed by atoms with E-state index in [1.165, 1.54) is 31.4 Å². The van der Waals surface area contributed by atoms with Gasteiger partial charge in [0.05, 0.1) is 49.1 Å². The number of rotatable bonds is 3. The first-order valence-electron chi connectivity index (χ1n) is 12.3. The number of aromatic nitrogens is 2. The zero-order valence-electron chi connectivity index (χ0n) is 20.5. The van der Waals surface area contributed by atoms with Crippen molar-refractivity contribution in [1.82, 2.24) is 14.5 Å². The summed E-state index contributed by atoms with van der Waals surface area (Å²) in [5.41, 5.74) is 1.76. The van der Waals surface area contributed by atoms with Crippen molar-refractivity contribution in [2.45, 2.75) is 31.1 Å². The summed E-state index contributed by atoms with van der Waals surface area (Å²) in [6.45, 7) is 0. The van der Waals surface area contributed by atoms with Crippen molar-refractivity contribution in [2.24, 2.45) is 0 Å². The molecule has 14 heteroatoms. The van der Waals surface area contributed by atoms with Crippen LogP contribution < -0.4 is 5.32 Å². The first-order chi connectivity index (χ1) is 19.2. The van der Waals surface area contributed by atoms with Crippen molar-refractivity contribution in [3.63, 3.8) is 0 Å². The van der Waals surface area contributed by atoms with E-state index >= 15 is 0 Å². The minimum Gasteiger partial charge on any atom is -0.376 e. The quantitative estimate of drug-likeness (QED) is 0.196. The molecule has 2 aromatic heterocycles. The Morgan fingerprint density at radius 3 is 1.98 bits per heavy atom. The second-order valence-electron chi connectivity index (χ2n) is 10.1. The van der Waals surface area contributed by atoms with Crippen LogP contribution in [0, 0.1) is 20.2 Å². The average molecular weight is 543 g/mol. The molecule has 1 fully saturated rings. The molecule has 200 valence electrons. The highest BCUT2D eigenvalue weighted by molar-refractivity contribution is 6.39. The monoisotopic (exact) mass is 543 g/mol. The molecule has 5 aromatic rings. The number of nitrogens with one attached hydrogen (secondary N) is 1. The van der Waals surface area contributed by atoms with Gasteiger partial charge in [0.1, 0.15) is 6.10 Å². The van der Waals surface area contributed by atoms with Gasteiger partial charge in [-0.05, 0) is 12.1 Å². The third-order valence-corrected chi connectivity index (χ3v) is 8.34. The fourth-order valence-corrected chi connectivity index (χ4v) is 6.82. The van der Waals surface area contributed by atoms with Crippen LogP contribution >= 0.6 is 0 Å². The normalized spacial score (nSPS) is 23.4. The molecule has 0 bridgehead atoms. The number of non-ortho nitro benzene ring substituents is 2. The Balaban J connectivity index is 1.66. The van der Waals surface area contributed by atoms with Gasteiger partial charge in [-0.2, -0.15) is 0 Å². The number of methoxy groups -OCH3 is 1. The summed E-state index contributed by atoms with van der Waals surface area (Å²) < 4.78 is 15.3. The number of hydrogen-bond donors (Lipinski definition) is 2. The molecule has 3 aromatic carbocycles. The van der Waals surface area contributed by atoms with Crippen LogP contribution in [0.2, 0.25) is 0 Å². The summed E-state index contributed by atoms with van der Waals surface area (Å²) in [6, 6.07) is 8.07. The lowest BCUT2D eigenvalue weighted by atomic mass is 9.95. The molecular weight excluding hydrogens is 526 g/mol. The third kappa shape index (κ3) is 2.57. The van der Waals surface area contributed by atoms with Gasteiger partial charge in [-0.3, -0.25) is 35.1 Å². The highest BCUT2D eigenvalue weighted by atomic mass is 16.6. The lowest BCUT2D eigenvalue weighted by Crippen LogP contribution is -2.45. The van der Waals surface area contributed by atoms with Crippen LogP contribution in [0.3, 0.4) is 0 Å². The molecule has 0 spiro atoms. The Morgan fingerprint density at radius 2 is 1.45 bits per heavy atom. The number of nitrogens with zero attached hydrogens (tertiary/aromatic N) is 4. The number of benzene rings is 3. The van der Waals surface area contributed by atoms with E-state index in [-0.39, 0.29) is 28.9 Å². The lowest BCUT2D eigenvalue weighted by molar-refractivity contribution is -0.384. The van der Waals surface area contributed by atoms with E-state index in [4.69, 9.17) is 9.47 Å². The van der Waals surface area contributed by atoms with Crippen LogP contribution in [-0.4, -0.2) is 55.4 Å². The smallest absolute Gasteiger partial charge is 0.270 e. The van der Waals surface area contributed by atoms with Gasteiger partial charge in [0.2, 0.25) is 0 Å². The van der Waals surface area contributed by atoms with E-state index in [1.807, 2.05) is 4.57 Å². The summed E-state index contributed by atoms with van der Waals surface area (Å²) in [4.78, 5) is 48.9. The van der Waals surface area contributed by atoms with E-state index in [0.717, 1.165) is 0 Å². The Hall–Kier alpha value is -4.92. The number of amides is 2. The summed E-state index contributed by atoms with van der Waals surface area (Å²) >= 11 is 0. The van der Waals surface area contributed by atoms with Crippen molar-refractivity contribution in [1.29, 1.82) is 0 Å². The Kier molecular flexibility index (Phi) is 4.25. The fourth-order valence-electron chi connectivity index (χ4n) is 6.82. The van der Waals surface area contributed by atoms with Gasteiger partial charge < -0.3 is 23.7 Å². The van der Waals surface area contributed by atoms with Gasteiger partial charge in [-0.25, -0.2) is 0 Å². The molecule has 0 aliphatic carbocycles. The van der Waals surface area contributed by atoms with Crippen molar-refractivity contribution in [3.05, 3.63) is 67.8 Å². The van der Waals surface area contributed by atoms with Gasteiger partial charge in [-0.15, -0.1) is 0 Å². The highest BCUT2D eigenvalue weighted by Crippen LogP contribution is 2.54. The summed E-state index contributed by atoms with van der Waals surface area (Å²) in [5.74, 6) is -1.34. The first-order valence-corrected chi connectivity index (χ1v) is 12.3. The van der Waals surface area contributed by atoms with E-state index in [0.29, 0.717) is 43.6 Å². The maximum Gasteiger partial charge on any atom is 0.270 e. The maximum absolute atomic E-state index is 13.3. The van der Waals surface area contributed by atoms with Crippen LogP contribution in [-0.2, 0) is 9.47 Å². The number of ether oxygens (including phenoxy) is 2. The molecule has 0 radical (unpaired) electrons. The molecule has 1 saturated heterocycles. The van der Waals surface area contributed by atoms with Crippen LogP contribution in [0.4, 0.5) is 11.4 Å². The summed E-state index contributed by atoms with van der Waals surface area (Å²) in [6.07, 6.45) is -2.54. The topological polar surface area (TPSA) is 181 Å². The highest BCUT2D eigenvalue weighted by Gasteiger charge is 2.47. The molecule has 2 amide bonds. The van der Waals surface area contributed by atoms with E-state index in [1.54, 1.807) is 16.7 Å². The summed E-state index contributed by atoms with van der Waals surface area (Å²) in [5, 5.41) is 38.0. The largest absolute Gasteiger partial charge is 0.376 e. The lowest BCUT2D eigenvalue weighted by Gasteiger charge is -2.43. The molecule has 2 N–H and O–H groups in total. The second kappa shape index (κ2) is 7.38. The number of imide groups is 1.